The zero-order valence-electron chi connectivity index (χ0n) is 13.6. The number of hydrogen-bond donors (Lipinski definition) is 1. The standard InChI is InChI=1S/C17H16F2N2O4/c1-10(22)12-6-4-7-13-15(12)25-17(18,19)16(23)21(13)9-11-5-3-8-14(20-11)24-2/h3-8,10,22H,9H2,1-2H3. The average molecular weight is 350 g/mol. The summed E-state index contributed by atoms with van der Waals surface area (Å²) in [6, 6.07) is 9.37. The van der Waals surface area contributed by atoms with Crippen LogP contribution in [0.4, 0.5) is 14.5 Å². The Morgan fingerprint density at radius 2 is 2.04 bits per heavy atom. The van der Waals surface area contributed by atoms with E-state index in [-0.39, 0.29) is 23.5 Å². The highest BCUT2D eigenvalue weighted by Crippen LogP contribution is 2.44. The Bertz CT molecular complexity index is 811. The maximum absolute atomic E-state index is 14.1. The fraction of sp³-hybridized carbons (Fsp3) is 0.294. The van der Waals surface area contributed by atoms with Crippen LogP contribution in [-0.4, -0.2) is 29.2 Å². The molecule has 25 heavy (non-hydrogen) atoms. The molecule has 0 radical (unpaired) electrons. The second-order valence-corrected chi connectivity index (χ2v) is 5.55. The number of halogens is 2. The Morgan fingerprint density at radius 1 is 1.32 bits per heavy atom. The lowest BCUT2D eigenvalue weighted by molar-refractivity contribution is -0.193. The molecule has 2 heterocycles. The molecule has 1 aliphatic rings. The number of rotatable bonds is 4. The highest BCUT2D eigenvalue weighted by Gasteiger charge is 2.51. The van der Waals surface area contributed by atoms with Gasteiger partial charge in [-0.15, -0.1) is 0 Å². The smallest absolute Gasteiger partial charge is 0.481 e. The van der Waals surface area contributed by atoms with Gasteiger partial charge in [0.2, 0.25) is 5.88 Å². The number of nitrogens with zero attached hydrogens (tertiary/aromatic N) is 2. The van der Waals surface area contributed by atoms with E-state index >= 15 is 0 Å². The van der Waals surface area contributed by atoms with Crippen LogP contribution in [0.15, 0.2) is 36.4 Å². The number of ether oxygens (including phenoxy) is 2. The number of benzene rings is 1. The van der Waals surface area contributed by atoms with Gasteiger partial charge in [0.15, 0.2) is 5.75 Å². The minimum absolute atomic E-state index is 0.152. The zero-order chi connectivity index (χ0) is 18.2. The lowest BCUT2D eigenvalue weighted by Gasteiger charge is -2.34. The van der Waals surface area contributed by atoms with Crippen LogP contribution in [0.5, 0.6) is 11.6 Å². The number of alkyl halides is 2. The SMILES string of the molecule is COc1cccc(CN2C(=O)C(F)(F)Oc3c(C(C)O)cccc32)n1. The number of carbonyl (C=O) groups excluding carboxylic acids is 1. The highest BCUT2D eigenvalue weighted by molar-refractivity contribution is 6.01. The number of para-hydroxylation sites is 1. The van der Waals surface area contributed by atoms with Gasteiger partial charge in [-0.1, -0.05) is 18.2 Å². The second kappa shape index (κ2) is 6.29. The number of aliphatic hydroxyl groups excluding tert-OH is 1. The van der Waals surface area contributed by atoms with E-state index in [9.17, 15) is 18.7 Å². The molecule has 0 spiro atoms. The van der Waals surface area contributed by atoms with E-state index in [1.807, 2.05) is 0 Å². The summed E-state index contributed by atoms with van der Waals surface area (Å²) in [5.74, 6) is -1.40. The summed E-state index contributed by atoms with van der Waals surface area (Å²) in [7, 11) is 1.43. The summed E-state index contributed by atoms with van der Waals surface area (Å²) in [5.41, 5.74) is 0.700. The number of pyridine rings is 1. The van der Waals surface area contributed by atoms with Crippen LogP contribution in [0.2, 0.25) is 0 Å². The van der Waals surface area contributed by atoms with Crippen molar-refractivity contribution >= 4 is 11.6 Å². The summed E-state index contributed by atoms with van der Waals surface area (Å²) in [6.07, 6.45) is -5.06. The van der Waals surface area contributed by atoms with Crippen molar-refractivity contribution in [3.8, 4) is 11.6 Å². The molecule has 0 saturated carbocycles. The van der Waals surface area contributed by atoms with E-state index in [2.05, 4.69) is 9.72 Å². The number of aliphatic hydroxyl groups is 1. The Balaban J connectivity index is 2.06. The summed E-state index contributed by atoms with van der Waals surface area (Å²) < 4.78 is 37.8. The summed E-state index contributed by atoms with van der Waals surface area (Å²) in [4.78, 5) is 17.2. The molecule has 1 aromatic heterocycles. The number of aromatic nitrogens is 1. The van der Waals surface area contributed by atoms with Gasteiger partial charge in [0, 0.05) is 11.6 Å². The molecule has 132 valence electrons. The van der Waals surface area contributed by atoms with Crippen molar-refractivity contribution in [2.24, 2.45) is 0 Å². The topological polar surface area (TPSA) is 71.9 Å². The first-order chi connectivity index (χ1) is 11.8. The van der Waals surface area contributed by atoms with Crippen LogP contribution < -0.4 is 14.4 Å². The van der Waals surface area contributed by atoms with Crippen LogP contribution in [0.1, 0.15) is 24.3 Å². The third-order valence-electron chi connectivity index (χ3n) is 3.80. The van der Waals surface area contributed by atoms with Crippen LogP contribution in [0, 0.1) is 0 Å². The van der Waals surface area contributed by atoms with Gasteiger partial charge in [0.25, 0.3) is 0 Å². The van der Waals surface area contributed by atoms with Crippen LogP contribution >= 0.6 is 0 Å². The van der Waals surface area contributed by atoms with Crippen LogP contribution in [-0.2, 0) is 11.3 Å². The largest absolute Gasteiger partial charge is 0.483 e. The molecular formula is C17H16F2N2O4. The number of carbonyl (C=O) groups is 1. The quantitative estimate of drug-likeness (QED) is 0.918. The normalized spacial score (nSPS) is 16.8. The van der Waals surface area contributed by atoms with Gasteiger partial charge in [-0.3, -0.25) is 9.69 Å². The molecule has 1 aromatic carbocycles. The monoisotopic (exact) mass is 350 g/mol. The molecule has 6 nitrogen and oxygen atoms in total. The average Bonchev–Trinajstić information content (AvgIpc) is 2.58. The summed E-state index contributed by atoms with van der Waals surface area (Å²) >= 11 is 0. The van der Waals surface area contributed by atoms with Gasteiger partial charge in [-0.25, -0.2) is 4.98 Å². The number of methoxy groups -OCH3 is 1. The Kier molecular flexibility index (Phi) is 4.30. The highest BCUT2D eigenvalue weighted by atomic mass is 19.3. The van der Waals surface area contributed by atoms with Crippen molar-refractivity contribution < 1.29 is 28.2 Å². The molecule has 1 N–H and O–H groups in total. The lowest BCUT2D eigenvalue weighted by Crippen LogP contribution is -2.50. The third-order valence-corrected chi connectivity index (χ3v) is 3.80. The first-order valence-corrected chi connectivity index (χ1v) is 7.53. The van der Waals surface area contributed by atoms with Gasteiger partial charge in [-0.2, -0.15) is 8.78 Å². The number of hydrogen-bond acceptors (Lipinski definition) is 5. The Morgan fingerprint density at radius 3 is 2.72 bits per heavy atom. The number of anilines is 1. The first kappa shape index (κ1) is 17.1. The molecule has 1 atom stereocenters. The molecule has 1 unspecified atom stereocenters. The van der Waals surface area contributed by atoms with Crippen molar-refractivity contribution in [2.45, 2.75) is 25.7 Å². The predicted octanol–water partition coefficient (Wildman–Crippen LogP) is 2.66. The van der Waals surface area contributed by atoms with E-state index in [1.54, 1.807) is 24.3 Å². The van der Waals surface area contributed by atoms with Crippen molar-refractivity contribution in [3.63, 3.8) is 0 Å². The molecule has 0 aliphatic carbocycles. The molecule has 3 rings (SSSR count). The fourth-order valence-corrected chi connectivity index (χ4v) is 2.61. The third kappa shape index (κ3) is 3.12. The van der Waals surface area contributed by atoms with E-state index in [4.69, 9.17) is 4.74 Å². The van der Waals surface area contributed by atoms with Crippen molar-refractivity contribution in [1.29, 1.82) is 0 Å². The fourth-order valence-electron chi connectivity index (χ4n) is 2.61. The summed E-state index contributed by atoms with van der Waals surface area (Å²) in [6.45, 7) is 1.24. The van der Waals surface area contributed by atoms with Crippen molar-refractivity contribution in [3.05, 3.63) is 47.7 Å². The molecule has 1 amide bonds. The first-order valence-electron chi connectivity index (χ1n) is 7.53. The van der Waals surface area contributed by atoms with Gasteiger partial charge in [0.05, 0.1) is 31.1 Å². The van der Waals surface area contributed by atoms with Crippen molar-refractivity contribution in [2.75, 3.05) is 12.0 Å². The molecule has 0 saturated heterocycles. The Labute approximate surface area is 142 Å². The molecular weight excluding hydrogens is 334 g/mol. The molecule has 0 fully saturated rings. The minimum atomic E-state index is -4.03. The van der Waals surface area contributed by atoms with Crippen molar-refractivity contribution in [1.82, 2.24) is 4.98 Å². The van der Waals surface area contributed by atoms with E-state index in [1.165, 1.54) is 26.2 Å². The van der Waals surface area contributed by atoms with E-state index < -0.39 is 18.1 Å². The maximum Gasteiger partial charge on any atom is 0.483 e. The zero-order valence-corrected chi connectivity index (χ0v) is 13.6. The van der Waals surface area contributed by atoms with E-state index in [0.29, 0.717) is 11.6 Å². The lowest BCUT2D eigenvalue weighted by atomic mass is 10.1. The minimum Gasteiger partial charge on any atom is -0.481 e. The number of fused-ring (bicyclic) bond motifs is 1. The van der Waals surface area contributed by atoms with Crippen LogP contribution in [0.25, 0.3) is 0 Å². The van der Waals surface area contributed by atoms with Gasteiger partial charge in [-0.05, 0) is 19.1 Å². The molecule has 2 aromatic rings. The molecule has 8 heteroatoms. The predicted molar refractivity (Wildman–Crippen MR) is 84.6 cm³/mol. The molecule has 0 bridgehead atoms. The van der Waals surface area contributed by atoms with Gasteiger partial charge in [0.1, 0.15) is 0 Å². The molecule has 1 aliphatic heterocycles. The maximum atomic E-state index is 14.1. The Hall–Kier alpha value is -2.74. The number of amides is 1. The van der Waals surface area contributed by atoms with Gasteiger partial charge >= 0.3 is 12.0 Å². The van der Waals surface area contributed by atoms with E-state index in [0.717, 1.165) is 4.90 Å². The summed E-state index contributed by atoms with van der Waals surface area (Å²) in [5, 5.41) is 9.80. The van der Waals surface area contributed by atoms with Crippen LogP contribution in [0.3, 0.4) is 0 Å². The second-order valence-electron chi connectivity index (χ2n) is 5.55. The van der Waals surface area contributed by atoms with Gasteiger partial charge < -0.3 is 14.6 Å².